The SMILES string of the molecule is CCCC(C)NC(=O)C1N([C@H](C)CO)C(=O)[C@@H]2[C@H](C(=O)Nc3ccc(OCC)cc3)[C@H]3OC12CC3Br. The molecule has 36 heavy (non-hydrogen) atoms. The van der Waals surface area contributed by atoms with E-state index in [9.17, 15) is 19.5 Å². The molecule has 0 aromatic heterocycles. The highest BCUT2D eigenvalue weighted by molar-refractivity contribution is 9.09. The maximum Gasteiger partial charge on any atom is 0.246 e. The van der Waals surface area contributed by atoms with Gasteiger partial charge >= 0.3 is 0 Å². The van der Waals surface area contributed by atoms with Crippen molar-refractivity contribution in [1.82, 2.24) is 10.2 Å². The van der Waals surface area contributed by atoms with Crippen LogP contribution in [0.5, 0.6) is 5.75 Å². The number of rotatable bonds is 10. The normalized spacial score (nSPS) is 32.2. The van der Waals surface area contributed by atoms with Gasteiger partial charge in [-0.2, -0.15) is 0 Å². The number of ether oxygens (including phenoxy) is 2. The second-order valence-corrected chi connectivity index (χ2v) is 11.3. The van der Waals surface area contributed by atoms with E-state index in [0.717, 1.165) is 12.8 Å². The van der Waals surface area contributed by atoms with Gasteiger partial charge in [-0.25, -0.2) is 0 Å². The molecule has 0 radical (unpaired) electrons. The Morgan fingerprint density at radius 1 is 1.25 bits per heavy atom. The lowest BCUT2D eigenvalue weighted by Gasteiger charge is -2.36. The van der Waals surface area contributed by atoms with Gasteiger partial charge in [-0.3, -0.25) is 14.4 Å². The number of likely N-dealkylation sites (tertiary alicyclic amines) is 1. The van der Waals surface area contributed by atoms with Crippen LogP contribution in [0.4, 0.5) is 5.69 Å². The molecular weight excluding hydrogens is 530 g/mol. The van der Waals surface area contributed by atoms with Crippen LogP contribution in [0.2, 0.25) is 0 Å². The number of aliphatic hydroxyl groups excluding tert-OH is 1. The van der Waals surface area contributed by atoms with E-state index in [1.807, 2.05) is 20.8 Å². The standard InChI is InChI=1S/C26H36BrN3O6/c1-5-7-14(3)28-24(33)22-26-12-18(27)21(36-26)19(20(26)25(34)30(22)15(4)13-31)23(32)29-16-8-10-17(11-9-16)35-6-2/h8-11,14-15,18-22,31H,5-7,12-13H2,1-4H3,(H,28,33)(H,29,32)/t14?,15-,18?,19+,20+,21+,22?,26?/m1/s1. The minimum Gasteiger partial charge on any atom is -0.494 e. The molecule has 3 saturated heterocycles. The summed E-state index contributed by atoms with van der Waals surface area (Å²) in [6.45, 7) is 7.82. The molecule has 4 rings (SSSR count). The van der Waals surface area contributed by atoms with Gasteiger partial charge in [-0.15, -0.1) is 0 Å². The Bertz CT molecular complexity index is 990. The number of carbonyl (C=O) groups is 3. The van der Waals surface area contributed by atoms with Gasteiger partial charge in [0.1, 0.15) is 17.4 Å². The summed E-state index contributed by atoms with van der Waals surface area (Å²) >= 11 is 3.66. The van der Waals surface area contributed by atoms with Crippen LogP contribution in [0.25, 0.3) is 0 Å². The number of anilines is 1. The van der Waals surface area contributed by atoms with Crippen molar-refractivity contribution in [2.75, 3.05) is 18.5 Å². The predicted molar refractivity (Wildman–Crippen MR) is 138 cm³/mol. The van der Waals surface area contributed by atoms with Crippen molar-refractivity contribution >= 4 is 39.3 Å². The van der Waals surface area contributed by atoms with Gasteiger partial charge in [0.2, 0.25) is 17.7 Å². The summed E-state index contributed by atoms with van der Waals surface area (Å²) in [7, 11) is 0. The third-order valence-corrected chi connectivity index (χ3v) is 8.41. The number of aliphatic hydroxyl groups is 1. The van der Waals surface area contributed by atoms with Crippen molar-refractivity contribution in [3.63, 3.8) is 0 Å². The molecule has 4 unspecified atom stereocenters. The van der Waals surface area contributed by atoms with Crippen LogP contribution < -0.4 is 15.4 Å². The van der Waals surface area contributed by atoms with Crippen molar-refractivity contribution in [1.29, 1.82) is 0 Å². The smallest absolute Gasteiger partial charge is 0.246 e. The van der Waals surface area contributed by atoms with E-state index in [4.69, 9.17) is 9.47 Å². The zero-order valence-electron chi connectivity index (χ0n) is 21.2. The lowest BCUT2D eigenvalue weighted by atomic mass is 9.70. The van der Waals surface area contributed by atoms with E-state index >= 15 is 0 Å². The Hall–Kier alpha value is -2.17. The summed E-state index contributed by atoms with van der Waals surface area (Å²) in [6, 6.07) is 5.45. The molecule has 0 aliphatic carbocycles. The summed E-state index contributed by atoms with van der Waals surface area (Å²) in [5.41, 5.74) is -0.559. The summed E-state index contributed by atoms with van der Waals surface area (Å²) in [5.74, 6) is -1.85. The number of nitrogens with one attached hydrogen (secondary N) is 2. The second-order valence-electron chi connectivity index (χ2n) is 10.1. The third kappa shape index (κ3) is 4.52. The minimum atomic E-state index is -1.14. The Balaban J connectivity index is 1.64. The molecule has 9 nitrogen and oxygen atoms in total. The highest BCUT2D eigenvalue weighted by Crippen LogP contribution is 2.60. The molecule has 3 aliphatic heterocycles. The fraction of sp³-hybridized carbons (Fsp3) is 0.654. The number of benzene rings is 1. The van der Waals surface area contributed by atoms with Crippen molar-refractivity contribution in [3.8, 4) is 5.75 Å². The monoisotopic (exact) mass is 565 g/mol. The van der Waals surface area contributed by atoms with Gasteiger partial charge in [0.15, 0.2) is 0 Å². The summed E-state index contributed by atoms with van der Waals surface area (Å²) in [4.78, 5) is 42.2. The Kier molecular flexibility index (Phi) is 7.97. The quantitative estimate of drug-likeness (QED) is 0.375. The van der Waals surface area contributed by atoms with E-state index in [1.54, 1.807) is 31.2 Å². The van der Waals surface area contributed by atoms with E-state index in [2.05, 4.69) is 26.6 Å². The Morgan fingerprint density at radius 3 is 2.56 bits per heavy atom. The van der Waals surface area contributed by atoms with Crippen LogP contribution in [0.15, 0.2) is 24.3 Å². The van der Waals surface area contributed by atoms with Crippen LogP contribution in [0.3, 0.4) is 0 Å². The van der Waals surface area contributed by atoms with Crippen LogP contribution in [-0.4, -0.2) is 75.6 Å². The molecule has 3 amide bonds. The Morgan fingerprint density at radius 2 is 1.94 bits per heavy atom. The van der Waals surface area contributed by atoms with Crippen molar-refractivity contribution in [2.24, 2.45) is 11.8 Å². The topological polar surface area (TPSA) is 117 Å². The zero-order valence-corrected chi connectivity index (χ0v) is 22.8. The Labute approximate surface area is 220 Å². The molecule has 1 aromatic carbocycles. The highest BCUT2D eigenvalue weighted by Gasteiger charge is 2.76. The summed E-state index contributed by atoms with van der Waals surface area (Å²) < 4.78 is 11.9. The fourth-order valence-electron chi connectivity index (χ4n) is 6.08. The molecule has 3 fully saturated rings. The van der Waals surface area contributed by atoms with E-state index < -0.39 is 35.6 Å². The van der Waals surface area contributed by atoms with Gasteiger partial charge in [0, 0.05) is 16.6 Å². The number of amides is 3. The maximum atomic E-state index is 13.8. The average molecular weight is 566 g/mol. The number of alkyl halides is 1. The number of hydrogen-bond acceptors (Lipinski definition) is 6. The molecule has 0 saturated carbocycles. The second kappa shape index (κ2) is 10.7. The van der Waals surface area contributed by atoms with Gasteiger partial charge < -0.3 is 30.1 Å². The minimum absolute atomic E-state index is 0.0727. The summed E-state index contributed by atoms with van der Waals surface area (Å²) in [5, 5.41) is 15.9. The van der Waals surface area contributed by atoms with Crippen molar-refractivity contribution in [3.05, 3.63) is 24.3 Å². The van der Waals surface area contributed by atoms with Gasteiger partial charge in [-0.1, -0.05) is 29.3 Å². The van der Waals surface area contributed by atoms with Crippen LogP contribution >= 0.6 is 15.9 Å². The first-order chi connectivity index (χ1) is 17.2. The number of hydrogen-bond donors (Lipinski definition) is 3. The molecule has 198 valence electrons. The number of nitrogens with zero attached hydrogens (tertiary/aromatic N) is 1. The molecule has 8 atom stereocenters. The van der Waals surface area contributed by atoms with Gasteiger partial charge in [-0.05, 0) is 57.9 Å². The molecule has 2 bridgehead atoms. The zero-order chi connectivity index (χ0) is 26.2. The van der Waals surface area contributed by atoms with Gasteiger partial charge in [0.05, 0.1) is 37.2 Å². The van der Waals surface area contributed by atoms with Crippen LogP contribution in [0.1, 0.15) is 47.0 Å². The van der Waals surface area contributed by atoms with E-state index in [1.165, 1.54) is 4.90 Å². The van der Waals surface area contributed by atoms with E-state index in [-0.39, 0.29) is 35.2 Å². The fourth-order valence-corrected chi connectivity index (χ4v) is 7.03. The molecular formula is C26H36BrN3O6. The molecule has 1 aromatic rings. The van der Waals surface area contributed by atoms with Gasteiger partial charge in [0.25, 0.3) is 0 Å². The molecule has 3 aliphatic rings. The molecule has 10 heteroatoms. The van der Waals surface area contributed by atoms with Crippen LogP contribution in [0, 0.1) is 11.8 Å². The summed E-state index contributed by atoms with van der Waals surface area (Å²) in [6.07, 6.45) is 1.59. The third-order valence-electron chi connectivity index (χ3n) is 7.56. The predicted octanol–water partition coefficient (Wildman–Crippen LogP) is 2.46. The molecule has 3 heterocycles. The largest absolute Gasteiger partial charge is 0.494 e. The first-order valence-corrected chi connectivity index (χ1v) is 13.7. The maximum absolute atomic E-state index is 13.8. The lowest BCUT2D eigenvalue weighted by Crippen LogP contribution is -2.58. The number of halogens is 1. The van der Waals surface area contributed by atoms with Crippen molar-refractivity contribution in [2.45, 2.75) is 81.6 Å². The highest BCUT2D eigenvalue weighted by atomic mass is 79.9. The average Bonchev–Trinajstić information content (AvgIpc) is 3.43. The van der Waals surface area contributed by atoms with Crippen LogP contribution in [-0.2, 0) is 19.1 Å². The molecule has 3 N–H and O–H groups in total. The molecule has 1 spiro atoms. The first-order valence-electron chi connectivity index (χ1n) is 12.8. The lowest BCUT2D eigenvalue weighted by molar-refractivity contribution is -0.144. The van der Waals surface area contributed by atoms with E-state index in [0.29, 0.717) is 24.5 Å². The first kappa shape index (κ1) is 26.9. The number of carbonyl (C=O) groups excluding carboxylic acids is 3. The number of fused-ring (bicyclic) bond motifs is 1. The van der Waals surface area contributed by atoms with Crippen molar-refractivity contribution < 1.29 is 29.0 Å².